The summed E-state index contributed by atoms with van der Waals surface area (Å²) in [5.41, 5.74) is 0.835. The Balaban J connectivity index is 1.64. The first-order valence-electron chi connectivity index (χ1n) is 7.49. The third kappa shape index (κ3) is 4.94. The summed E-state index contributed by atoms with van der Waals surface area (Å²) in [7, 11) is 0. The molecule has 1 aromatic carbocycles. The van der Waals surface area contributed by atoms with Crippen LogP contribution in [0.3, 0.4) is 0 Å². The second-order valence-corrected chi connectivity index (χ2v) is 5.42. The molecule has 0 saturated carbocycles. The van der Waals surface area contributed by atoms with Crippen LogP contribution in [0.2, 0.25) is 0 Å². The first-order valence-corrected chi connectivity index (χ1v) is 7.49. The number of hydrogen-bond acceptors (Lipinski definition) is 3. The lowest BCUT2D eigenvalue weighted by molar-refractivity contribution is -0.121. The molecule has 1 aromatic rings. The van der Waals surface area contributed by atoms with Gasteiger partial charge in [0.25, 0.3) is 0 Å². The van der Waals surface area contributed by atoms with Crippen molar-refractivity contribution in [3.05, 3.63) is 35.9 Å². The lowest BCUT2D eigenvalue weighted by Crippen LogP contribution is -2.36. The number of hydrogen-bond donors (Lipinski definition) is 3. The Kier molecular flexibility index (Phi) is 6.02. The first kappa shape index (κ1) is 15.0. The summed E-state index contributed by atoms with van der Waals surface area (Å²) in [4.78, 5) is 11.8. The highest BCUT2D eigenvalue weighted by Gasteiger charge is 2.14. The molecule has 0 radical (unpaired) electrons. The average molecular weight is 276 g/mol. The summed E-state index contributed by atoms with van der Waals surface area (Å²) >= 11 is 0. The standard InChI is InChI=1S/C16H24N2O2/c19-15(13-6-2-1-3-7-13)12-18-16(20)10-9-14-8-4-5-11-17-14/h1-3,6-7,14-15,17,19H,4-5,8-12H2,(H,18,20). The van der Waals surface area contributed by atoms with Crippen molar-refractivity contribution in [2.24, 2.45) is 0 Å². The van der Waals surface area contributed by atoms with E-state index >= 15 is 0 Å². The second-order valence-electron chi connectivity index (χ2n) is 5.42. The maximum atomic E-state index is 11.8. The summed E-state index contributed by atoms with van der Waals surface area (Å²) in [6, 6.07) is 9.88. The van der Waals surface area contributed by atoms with Crippen molar-refractivity contribution in [1.29, 1.82) is 0 Å². The highest BCUT2D eigenvalue weighted by molar-refractivity contribution is 5.75. The van der Waals surface area contributed by atoms with Gasteiger partial charge in [0.15, 0.2) is 0 Å². The first-order chi connectivity index (χ1) is 9.75. The fourth-order valence-corrected chi connectivity index (χ4v) is 2.57. The SMILES string of the molecule is O=C(CCC1CCCCN1)NCC(O)c1ccccc1. The molecule has 1 aliphatic rings. The summed E-state index contributed by atoms with van der Waals surface area (Å²) in [5, 5.41) is 16.2. The zero-order valence-corrected chi connectivity index (χ0v) is 11.8. The summed E-state index contributed by atoms with van der Waals surface area (Å²) < 4.78 is 0. The Hall–Kier alpha value is -1.39. The molecular formula is C16H24N2O2. The number of aliphatic hydroxyl groups excluding tert-OH is 1. The molecule has 2 atom stereocenters. The van der Waals surface area contributed by atoms with Gasteiger partial charge in [-0.3, -0.25) is 4.79 Å². The van der Waals surface area contributed by atoms with Crippen molar-refractivity contribution >= 4 is 5.91 Å². The van der Waals surface area contributed by atoms with Crippen LogP contribution in [-0.2, 0) is 4.79 Å². The number of rotatable bonds is 6. The molecule has 1 aliphatic heterocycles. The fourth-order valence-electron chi connectivity index (χ4n) is 2.57. The molecule has 4 heteroatoms. The Bertz CT molecular complexity index is 402. The van der Waals surface area contributed by atoms with E-state index in [0.29, 0.717) is 12.5 Å². The second kappa shape index (κ2) is 8.02. The number of amides is 1. The maximum absolute atomic E-state index is 11.8. The van der Waals surface area contributed by atoms with Gasteiger partial charge in [-0.15, -0.1) is 0 Å². The number of piperidine rings is 1. The van der Waals surface area contributed by atoms with Crippen LogP contribution in [0.5, 0.6) is 0 Å². The normalized spacial score (nSPS) is 20.4. The molecule has 0 spiro atoms. The molecule has 20 heavy (non-hydrogen) atoms. The van der Waals surface area contributed by atoms with Gasteiger partial charge >= 0.3 is 0 Å². The van der Waals surface area contributed by atoms with Crippen molar-refractivity contribution in [2.45, 2.75) is 44.2 Å². The molecule has 0 bridgehead atoms. The zero-order valence-electron chi connectivity index (χ0n) is 11.8. The quantitative estimate of drug-likeness (QED) is 0.742. The molecular weight excluding hydrogens is 252 g/mol. The highest BCUT2D eigenvalue weighted by atomic mass is 16.3. The van der Waals surface area contributed by atoms with Gasteiger partial charge < -0.3 is 15.7 Å². The van der Waals surface area contributed by atoms with Crippen LogP contribution in [0.15, 0.2) is 30.3 Å². The van der Waals surface area contributed by atoms with Gasteiger partial charge in [-0.05, 0) is 31.4 Å². The van der Waals surface area contributed by atoms with Crippen molar-refractivity contribution in [3.63, 3.8) is 0 Å². The van der Waals surface area contributed by atoms with Crippen molar-refractivity contribution in [2.75, 3.05) is 13.1 Å². The minimum Gasteiger partial charge on any atom is -0.387 e. The molecule has 1 fully saturated rings. The largest absolute Gasteiger partial charge is 0.387 e. The molecule has 1 saturated heterocycles. The van der Waals surface area contributed by atoms with Gasteiger partial charge in [-0.2, -0.15) is 0 Å². The Labute approximate surface area is 120 Å². The number of aliphatic hydroxyl groups is 1. The summed E-state index contributed by atoms with van der Waals surface area (Å²) in [6.45, 7) is 1.35. The molecule has 0 aliphatic carbocycles. The van der Waals surface area contributed by atoms with Crippen LogP contribution < -0.4 is 10.6 Å². The van der Waals surface area contributed by atoms with Crippen LogP contribution in [0.4, 0.5) is 0 Å². The third-order valence-electron chi connectivity index (χ3n) is 3.81. The Morgan fingerprint density at radius 3 is 2.85 bits per heavy atom. The predicted molar refractivity (Wildman–Crippen MR) is 79.3 cm³/mol. The Morgan fingerprint density at radius 1 is 1.35 bits per heavy atom. The van der Waals surface area contributed by atoms with Gasteiger partial charge in [0.2, 0.25) is 5.91 Å². The van der Waals surface area contributed by atoms with E-state index in [9.17, 15) is 9.90 Å². The van der Waals surface area contributed by atoms with Gasteiger partial charge in [-0.25, -0.2) is 0 Å². The molecule has 2 rings (SSSR count). The van der Waals surface area contributed by atoms with Crippen molar-refractivity contribution in [1.82, 2.24) is 10.6 Å². The smallest absolute Gasteiger partial charge is 0.220 e. The average Bonchev–Trinajstić information content (AvgIpc) is 2.52. The fraction of sp³-hybridized carbons (Fsp3) is 0.562. The van der Waals surface area contributed by atoms with Gasteiger partial charge in [0, 0.05) is 19.0 Å². The van der Waals surface area contributed by atoms with Crippen molar-refractivity contribution in [3.8, 4) is 0 Å². The van der Waals surface area contributed by atoms with E-state index in [-0.39, 0.29) is 12.5 Å². The summed E-state index contributed by atoms with van der Waals surface area (Å²) in [5.74, 6) is 0.0207. The topological polar surface area (TPSA) is 61.4 Å². The minimum absolute atomic E-state index is 0.0207. The number of carbonyl (C=O) groups is 1. The van der Waals surface area contributed by atoms with Gasteiger partial charge in [-0.1, -0.05) is 36.8 Å². The molecule has 2 unspecified atom stereocenters. The number of benzene rings is 1. The van der Waals surface area contributed by atoms with Crippen molar-refractivity contribution < 1.29 is 9.90 Å². The molecule has 4 nitrogen and oxygen atoms in total. The van der Waals surface area contributed by atoms with E-state index in [0.717, 1.165) is 18.5 Å². The van der Waals surface area contributed by atoms with E-state index < -0.39 is 6.10 Å². The number of carbonyl (C=O) groups excluding carboxylic acids is 1. The van der Waals surface area contributed by atoms with E-state index in [1.165, 1.54) is 19.3 Å². The Morgan fingerprint density at radius 2 is 2.15 bits per heavy atom. The monoisotopic (exact) mass is 276 g/mol. The predicted octanol–water partition coefficient (Wildman–Crippen LogP) is 1.76. The van der Waals surface area contributed by atoms with E-state index in [2.05, 4.69) is 10.6 Å². The number of nitrogens with one attached hydrogen (secondary N) is 2. The zero-order chi connectivity index (χ0) is 14.2. The van der Waals surface area contributed by atoms with E-state index in [1.807, 2.05) is 30.3 Å². The summed E-state index contributed by atoms with van der Waals surface area (Å²) in [6.07, 6.45) is 4.44. The van der Waals surface area contributed by atoms with Crippen LogP contribution in [0.1, 0.15) is 43.8 Å². The molecule has 0 aromatic heterocycles. The van der Waals surface area contributed by atoms with Crippen LogP contribution >= 0.6 is 0 Å². The lowest BCUT2D eigenvalue weighted by atomic mass is 10.0. The van der Waals surface area contributed by atoms with Crippen LogP contribution in [0, 0.1) is 0 Å². The van der Waals surface area contributed by atoms with E-state index in [4.69, 9.17) is 0 Å². The molecule has 3 N–H and O–H groups in total. The molecule has 1 heterocycles. The van der Waals surface area contributed by atoms with Gasteiger partial charge in [0.1, 0.15) is 0 Å². The van der Waals surface area contributed by atoms with Crippen LogP contribution in [-0.4, -0.2) is 30.1 Å². The molecule has 110 valence electrons. The minimum atomic E-state index is -0.632. The van der Waals surface area contributed by atoms with Crippen LogP contribution in [0.25, 0.3) is 0 Å². The third-order valence-corrected chi connectivity index (χ3v) is 3.81. The van der Waals surface area contributed by atoms with Gasteiger partial charge in [0.05, 0.1) is 6.10 Å². The molecule has 1 amide bonds. The lowest BCUT2D eigenvalue weighted by Gasteiger charge is -2.23. The maximum Gasteiger partial charge on any atom is 0.220 e. The highest BCUT2D eigenvalue weighted by Crippen LogP contribution is 2.12. The van der Waals surface area contributed by atoms with E-state index in [1.54, 1.807) is 0 Å².